The van der Waals surface area contributed by atoms with E-state index in [1.54, 1.807) is 24.3 Å². The summed E-state index contributed by atoms with van der Waals surface area (Å²) in [6.45, 7) is 7.69. The van der Waals surface area contributed by atoms with Crippen molar-refractivity contribution in [2.45, 2.75) is 34.1 Å². The molecule has 2 N–H and O–H groups in total. The van der Waals surface area contributed by atoms with E-state index in [0.29, 0.717) is 29.8 Å². The summed E-state index contributed by atoms with van der Waals surface area (Å²) in [4.78, 5) is 38.6. The Labute approximate surface area is 170 Å². The van der Waals surface area contributed by atoms with Gasteiger partial charge >= 0.3 is 0 Å². The van der Waals surface area contributed by atoms with E-state index in [9.17, 15) is 14.4 Å². The summed E-state index contributed by atoms with van der Waals surface area (Å²) in [6, 6.07) is 12.8. The number of nitrogens with one attached hydrogen (secondary N) is 2. The predicted molar refractivity (Wildman–Crippen MR) is 114 cm³/mol. The highest BCUT2D eigenvalue weighted by atomic mass is 16.2. The molecule has 0 spiro atoms. The van der Waals surface area contributed by atoms with E-state index in [-0.39, 0.29) is 23.4 Å². The lowest BCUT2D eigenvalue weighted by molar-refractivity contribution is -0.136. The van der Waals surface area contributed by atoms with Gasteiger partial charge in [-0.1, -0.05) is 36.8 Å². The molecule has 3 amide bonds. The van der Waals surface area contributed by atoms with Crippen molar-refractivity contribution in [3.63, 3.8) is 0 Å². The fraction of sp³-hybridized carbons (Fsp3) is 0.261. The number of rotatable bonds is 6. The van der Waals surface area contributed by atoms with Crippen LogP contribution in [0.4, 0.5) is 11.4 Å². The number of carbonyl (C=O) groups is 3. The van der Waals surface area contributed by atoms with Crippen LogP contribution >= 0.6 is 0 Å². The predicted octanol–water partition coefficient (Wildman–Crippen LogP) is 3.86. The number of benzene rings is 2. The average molecular weight is 391 g/mol. The topological polar surface area (TPSA) is 78.5 Å². The molecule has 1 aliphatic heterocycles. The van der Waals surface area contributed by atoms with E-state index < -0.39 is 0 Å². The molecule has 2 aromatic carbocycles. The molecule has 1 aliphatic rings. The van der Waals surface area contributed by atoms with Gasteiger partial charge in [-0.3, -0.25) is 19.3 Å². The van der Waals surface area contributed by atoms with Gasteiger partial charge in [0.05, 0.1) is 5.57 Å². The van der Waals surface area contributed by atoms with E-state index in [0.717, 1.165) is 16.8 Å². The summed E-state index contributed by atoms with van der Waals surface area (Å²) in [5.74, 6) is -0.801. The Morgan fingerprint density at radius 2 is 1.69 bits per heavy atom. The number of carbonyl (C=O) groups excluding carboxylic acids is 3. The fourth-order valence-corrected chi connectivity index (χ4v) is 3.40. The lowest BCUT2D eigenvalue weighted by Gasteiger charge is -2.14. The van der Waals surface area contributed by atoms with Gasteiger partial charge < -0.3 is 10.6 Å². The third-order valence-electron chi connectivity index (χ3n) is 4.75. The van der Waals surface area contributed by atoms with E-state index >= 15 is 0 Å². The third-order valence-corrected chi connectivity index (χ3v) is 4.75. The van der Waals surface area contributed by atoms with E-state index in [1.165, 1.54) is 11.8 Å². The van der Waals surface area contributed by atoms with E-state index in [2.05, 4.69) is 10.6 Å². The zero-order chi connectivity index (χ0) is 21.1. The van der Waals surface area contributed by atoms with Crippen LogP contribution in [0.5, 0.6) is 0 Å². The number of nitrogens with zero attached hydrogens (tertiary/aromatic N) is 1. The van der Waals surface area contributed by atoms with Gasteiger partial charge in [0.15, 0.2) is 0 Å². The number of hydrogen-bond acceptors (Lipinski definition) is 4. The largest absolute Gasteiger partial charge is 0.350 e. The SMILES string of the molecule is CCCN1C(=O)C(Nc2ccc(C)cc2C)=C(c2ccc(NC(C)=O)cc2)C1=O. The van der Waals surface area contributed by atoms with E-state index in [4.69, 9.17) is 0 Å². The van der Waals surface area contributed by atoms with Crippen LogP contribution in [0.1, 0.15) is 37.0 Å². The molecule has 0 saturated heterocycles. The molecule has 0 unspecified atom stereocenters. The Morgan fingerprint density at radius 3 is 2.28 bits per heavy atom. The minimum absolute atomic E-state index is 0.171. The van der Waals surface area contributed by atoms with Crippen LogP contribution in [0.2, 0.25) is 0 Å². The van der Waals surface area contributed by atoms with Crippen molar-refractivity contribution in [3.8, 4) is 0 Å². The van der Waals surface area contributed by atoms with Crippen molar-refractivity contribution < 1.29 is 14.4 Å². The molecule has 0 aliphatic carbocycles. The summed E-state index contributed by atoms with van der Waals surface area (Å²) in [7, 11) is 0. The van der Waals surface area contributed by atoms with Gasteiger partial charge in [-0.05, 0) is 49.6 Å². The average Bonchev–Trinajstić information content (AvgIpc) is 2.89. The van der Waals surface area contributed by atoms with Gasteiger partial charge in [-0.15, -0.1) is 0 Å². The normalized spacial score (nSPS) is 13.9. The first-order valence-corrected chi connectivity index (χ1v) is 9.64. The van der Waals surface area contributed by atoms with Gasteiger partial charge in [-0.25, -0.2) is 0 Å². The van der Waals surface area contributed by atoms with Crippen LogP contribution in [0, 0.1) is 13.8 Å². The second kappa shape index (κ2) is 8.31. The van der Waals surface area contributed by atoms with Crippen molar-refractivity contribution in [2.75, 3.05) is 17.2 Å². The van der Waals surface area contributed by atoms with Crippen molar-refractivity contribution in [3.05, 3.63) is 64.9 Å². The third kappa shape index (κ3) is 4.21. The number of anilines is 2. The molecule has 150 valence electrons. The summed E-state index contributed by atoms with van der Waals surface area (Å²) in [5.41, 5.74) is 4.79. The van der Waals surface area contributed by atoms with Crippen LogP contribution in [0.15, 0.2) is 48.2 Å². The highest BCUT2D eigenvalue weighted by Gasteiger charge is 2.38. The van der Waals surface area contributed by atoms with Crippen molar-refractivity contribution in [1.29, 1.82) is 0 Å². The molecule has 0 atom stereocenters. The standard InChI is InChI=1S/C23H25N3O3/c1-5-12-26-22(28)20(17-7-9-18(10-8-17)24-16(4)27)21(23(26)29)25-19-11-6-14(2)13-15(19)3/h6-11,13,25H,5,12H2,1-4H3,(H,24,27). The fourth-order valence-electron chi connectivity index (χ4n) is 3.40. The molecule has 3 rings (SSSR count). The zero-order valence-electron chi connectivity index (χ0n) is 17.1. The summed E-state index contributed by atoms with van der Waals surface area (Å²) in [6.07, 6.45) is 0.684. The molecule has 0 bridgehead atoms. The van der Waals surface area contributed by atoms with Gasteiger partial charge in [0.25, 0.3) is 11.8 Å². The Kier molecular flexibility index (Phi) is 5.82. The summed E-state index contributed by atoms with van der Waals surface area (Å²) in [5, 5.41) is 5.90. The molecule has 0 aromatic heterocycles. The van der Waals surface area contributed by atoms with Gasteiger partial charge in [-0.2, -0.15) is 0 Å². The van der Waals surface area contributed by atoms with E-state index in [1.807, 2.05) is 39.0 Å². The molecule has 0 saturated carbocycles. The molecular weight excluding hydrogens is 366 g/mol. The highest BCUT2D eigenvalue weighted by molar-refractivity contribution is 6.36. The minimum Gasteiger partial charge on any atom is -0.350 e. The van der Waals surface area contributed by atoms with Gasteiger partial charge in [0.2, 0.25) is 5.91 Å². The number of aryl methyl sites for hydroxylation is 2. The zero-order valence-corrected chi connectivity index (χ0v) is 17.1. The van der Waals surface area contributed by atoms with Gasteiger partial charge in [0, 0.05) is 24.8 Å². The molecule has 29 heavy (non-hydrogen) atoms. The molecular formula is C23H25N3O3. The first-order valence-electron chi connectivity index (χ1n) is 9.64. The summed E-state index contributed by atoms with van der Waals surface area (Å²) < 4.78 is 0. The molecule has 2 aromatic rings. The molecule has 0 radical (unpaired) electrons. The maximum absolute atomic E-state index is 13.0. The lowest BCUT2D eigenvalue weighted by atomic mass is 10.0. The van der Waals surface area contributed by atoms with Crippen molar-refractivity contribution in [1.82, 2.24) is 4.90 Å². The first-order chi connectivity index (χ1) is 13.8. The van der Waals surface area contributed by atoms with Crippen LogP contribution in [-0.4, -0.2) is 29.2 Å². The Hall–Kier alpha value is -3.41. The van der Waals surface area contributed by atoms with Crippen LogP contribution in [-0.2, 0) is 14.4 Å². The second-order valence-electron chi connectivity index (χ2n) is 7.21. The minimum atomic E-state index is -0.322. The smallest absolute Gasteiger partial charge is 0.278 e. The lowest BCUT2D eigenvalue weighted by Crippen LogP contribution is -2.33. The maximum atomic E-state index is 13.0. The molecule has 0 fully saturated rings. The second-order valence-corrected chi connectivity index (χ2v) is 7.21. The number of amides is 3. The Bertz CT molecular complexity index is 1010. The number of hydrogen-bond donors (Lipinski definition) is 2. The van der Waals surface area contributed by atoms with Crippen molar-refractivity contribution in [2.24, 2.45) is 0 Å². The quantitative estimate of drug-likeness (QED) is 0.733. The Morgan fingerprint density at radius 1 is 1.00 bits per heavy atom. The first kappa shape index (κ1) is 20.3. The monoisotopic (exact) mass is 391 g/mol. The van der Waals surface area contributed by atoms with Crippen LogP contribution in [0.25, 0.3) is 5.57 Å². The number of imide groups is 1. The molecule has 1 heterocycles. The molecule has 6 nitrogen and oxygen atoms in total. The van der Waals surface area contributed by atoms with Crippen LogP contribution in [0.3, 0.4) is 0 Å². The Balaban J connectivity index is 2.04. The summed E-state index contributed by atoms with van der Waals surface area (Å²) >= 11 is 0. The van der Waals surface area contributed by atoms with Crippen molar-refractivity contribution >= 4 is 34.7 Å². The maximum Gasteiger partial charge on any atom is 0.278 e. The highest BCUT2D eigenvalue weighted by Crippen LogP contribution is 2.32. The van der Waals surface area contributed by atoms with Crippen LogP contribution < -0.4 is 10.6 Å². The van der Waals surface area contributed by atoms with Gasteiger partial charge in [0.1, 0.15) is 5.70 Å². The molecule has 6 heteroatoms.